The fraction of sp³-hybridized carbons (Fsp3) is 0.400. The predicted octanol–water partition coefficient (Wildman–Crippen LogP) is 2.82. The van der Waals surface area contributed by atoms with E-state index in [9.17, 15) is 22.0 Å². The molecule has 0 aromatic heterocycles. The van der Waals surface area contributed by atoms with Crippen LogP contribution < -0.4 is 5.73 Å². The zero-order valence-corrected chi connectivity index (χ0v) is 8.60. The Morgan fingerprint density at radius 1 is 1.24 bits per heavy atom. The predicted molar refractivity (Wildman–Crippen MR) is 51.4 cm³/mol. The summed E-state index contributed by atoms with van der Waals surface area (Å²) in [5, 5.41) is 0. The Bertz CT molecular complexity index is 363. The minimum Gasteiger partial charge on any atom is -0.399 e. The van der Waals surface area contributed by atoms with Crippen LogP contribution >= 0.6 is 0 Å². The third-order valence-electron chi connectivity index (χ3n) is 1.86. The number of benzene rings is 1. The Hall–Kier alpha value is -1.37. The van der Waals surface area contributed by atoms with E-state index in [2.05, 4.69) is 4.74 Å². The van der Waals surface area contributed by atoms with Crippen molar-refractivity contribution < 1.29 is 26.7 Å². The van der Waals surface area contributed by atoms with Crippen LogP contribution in [0.1, 0.15) is 5.56 Å². The van der Waals surface area contributed by atoms with Crippen molar-refractivity contribution in [2.45, 2.75) is 19.0 Å². The summed E-state index contributed by atoms with van der Waals surface area (Å²) in [6.07, 6.45) is -3.79. The highest BCUT2D eigenvalue weighted by molar-refractivity contribution is 5.41. The standard InChI is InChI=1S/C10H10F5NO/c11-7-1-6(2-8(16)3-7)4-17-5-10(14,15)9(12)13/h1-3,9H,4-5,16H2. The van der Waals surface area contributed by atoms with Crippen molar-refractivity contribution >= 4 is 5.69 Å². The van der Waals surface area contributed by atoms with E-state index < -0.39 is 31.4 Å². The van der Waals surface area contributed by atoms with E-state index in [1.807, 2.05) is 0 Å². The molecule has 17 heavy (non-hydrogen) atoms. The summed E-state index contributed by atoms with van der Waals surface area (Å²) in [5.74, 6) is -4.86. The molecule has 0 saturated heterocycles. The molecule has 0 bridgehead atoms. The van der Waals surface area contributed by atoms with E-state index in [4.69, 9.17) is 5.73 Å². The Morgan fingerprint density at radius 2 is 1.88 bits per heavy atom. The fourth-order valence-electron chi connectivity index (χ4n) is 1.13. The van der Waals surface area contributed by atoms with Crippen LogP contribution in [0.2, 0.25) is 0 Å². The van der Waals surface area contributed by atoms with Crippen LogP contribution in [-0.4, -0.2) is 19.0 Å². The van der Waals surface area contributed by atoms with Gasteiger partial charge in [0.2, 0.25) is 0 Å². The molecule has 0 radical (unpaired) electrons. The molecule has 0 unspecified atom stereocenters. The minimum atomic E-state index is -4.21. The second kappa shape index (κ2) is 5.31. The fourth-order valence-corrected chi connectivity index (χ4v) is 1.13. The molecule has 7 heteroatoms. The number of hydrogen-bond acceptors (Lipinski definition) is 2. The lowest BCUT2D eigenvalue weighted by atomic mass is 10.2. The van der Waals surface area contributed by atoms with Crippen LogP contribution in [0.4, 0.5) is 27.6 Å². The molecule has 0 amide bonds. The van der Waals surface area contributed by atoms with E-state index in [1.54, 1.807) is 0 Å². The molecule has 96 valence electrons. The van der Waals surface area contributed by atoms with Crippen molar-refractivity contribution in [1.29, 1.82) is 0 Å². The van der Waals surface area contributed by atoms with Crippen LogP contribution in [0, 0.1) is 5.82 Å². The molecule has 0 aliphatic heterocycles. The Morgan fingerprint density at radius 3 is 2.41 bits per heavy atom. The van der Waals surface area contributed by atoms with Gasteiger partial charge in [0.15, 0.2) is 0 Å². The number of rotatable bonds is 5. The van der Waals surface area contributed by atoms with E-state index in [0.29, 0.717) is 0 Å². The molecular weight excluding hydrogens is 245 g/mol. The minimum absolute atomic E-state index is 0.101. The summed E-state index contributed by atoms with van der Waals surface area (Å²) in [5.41, 5.74) is 5.60. The molecule has 0 aliphatic rings. The van der Waals surface area contributed by atoms with Gasteiger partial charge in [0.25, 0.3) is 0 Å². The highest BCUT2D eigenvalue weighted by Gasteiger charge is 2.40. The average Bonchev–Trinajstić information content (AvgIpc) is 2.15. The molecule has 0 fully saturated rings. The number of nitrogen functional groups attached to an aromatic ring is 1. The first-order valence-electron chi connectivity index (χ1n) is 4.60. The summed E-state index contributed by atoms with van der Waals surface area (Å²) >= 11 is 0. The van der Waals surface area contributed by atoms with E-state index in [1.165, 1.54) is 6.07 Å². The molecule has 1 aromatic carbocycles. The maximum absolute atomic E-state index is 12.8. The lowest BCUT2D eigenvalue weighted by Crippen LogP contribution is -2.32. The van der Waals surface area contributed by atoms with E-state index in [0.717, 1.165) is 12.1 Å². The zero-order valence-electron chi connectivity index (χ0n) is 8.60. The van der Waals surface area contributed by atoms with Crippen LogP contribution in [0.5, 0.6) is 0 Å². The van der Waals surface area contributed by atoms with Crippen LogP contribution in [0.15, 0.2) is 18.2 Å². The first-order valence-corrected chi connectivity index (χ1v) is 4.60. The number of halogens is 5. The molecule has 1 rings (SSSR count). The lowest BCUT2D eigenvalue weighted by Gasteiger charge is -2.15. The van der Waals surface area contributed by atoms with Crippen molar-refractivity contribution in [1.82, 2.24) is 0 Å². The Kier molecular flexibility index (Phi) is 4.28. The number of ether oxygens (including phenoxy) is 1. The zero-order chi connectivity index (χ0) is 13.1. The van der Waals surface area contributed by atoms with Crippen LogP contribution in [0.25, 0.3) is 0 Å². The monoisotopic (exact) mass is 255 g/mol. The van der Waals surface area contributed by atoms with Gasteiger partial charge in [-0.2, -0.15) is 8.78 Å². The van der Waals surface area contributed by atoms with Crippen molar-refractivity contribution in [3.05, 3.63) is 29.6 Å². The second-order valence-electron chi connectivity index (χ2n) is 3.45. The van der Waals surface area contributed by atoms with Gasteiger partial charge in [-0.3, -0.25) is 0 Å². The highest BCUT2D eigenvalue weighted by atomic mass is 19.3. The maximum Gasteiger partial charge on any atom is 0.330 e. The SMILES string of the molecule is Nc1cc(F)cc(COCC(F)(F)C(F)F)c1. The van der Waals surface area contributed by atoms with Crippen molar-refractivity contribution in [3.8, 4) is 0 Å². The van der Waals surface area contributed by atoms with Gasteiger partial charge >= 0.3 is 12.3 Å². The molecule has 0 atom stereocenters. The molecule has 0 spiro atoms. The van der Waals surface area contributed by atoms with E-state index in [-0.39, 0.29) is 11.3 Å². The van der Waals surface area contributed by atoms with Gasteiger partial charge < -0.3 is 10.5 Å². The van der Waals surface area contributed by atoms with Gasteiger partial charge in [0.05, 0.1) is 6.61 Å². The second-order valence-corrected chi connectivity index (χ2v) is 3.45. The normalized spacial score (nSPS) is 12.1. The van der Waals surface area contributed by atoms with Gasteiger partial charge in [-0.05, 0) is 23.8 Å². The van der Waals surface area contributed by atoms with Gasteiger partial charge in [-0.15, -0.1) is 0 Å². The molecular formula is C10H10F5NO. The molecule has 0 saturated carbocycles. The van der Waals surface area contributed by atoms with Gasteiger partial charge in [-0.25, -0.2) is 13.2 Å². The molecule has 0 heterocycles. The third kappa shape index (κ3) is 4.18. The molecule has 1 aromatic rings. The number of hydrogen-bond donors (Lipinski definition) is 1. The first-order chi connectivity index (χ1) is 7.81. The van der Waals surface area contributed by atoms with Crippen LogP contribution in [0.3, 0.4) is 0 Å². The van der Waals surface area contributed by atoms with Gasteiger partial charge in [0, 0.05) is 5.69 Å². The van der Waals surface area contributed by atoms with Crippen molar-refractivity contribution in [3.63, 3.8) is 0 Å². The van der Waals surface area contributed by atoms with Crippen molar-refractivity contribution in [2.24, 2.45) is 0 Å². The summed E-state index contributed by atoms with van der Waals surface area (Å²) in [7, 11) is 0. The lowest BCUT2D eigenvalue weighted by molar-refractivity contribution is -0.168. The number of alkyl halides is 4. The van der Waals surface area contributed by atoms with Crippen molar-refractivity contribution in [2.75, 3.05) is 12.3 Å². The summed E-state index contributed by atoms with van der Waals surface area (Å²) in [4.78, 5) is 0. The first kappa shape index (κ1) is 13.7. The summed E-state index contributed by atoms with van der Waals surface area (Å²) < 4.78 is 65.6. The van der Waals surface area contributed by atoms with Gasteiger partial charge in [-0.1, -0.05) is 0 Å². The average molecular weight is 255 g/mol. The summed E-state index contributed by atoms with van der Waals surface area (Å²) in [6.45, 7) is -1.84. The Labute approximate surface area is 94.2 Å². The number of nitrogens with two attached hydrogens (primary N) is 1. The number of anilines is 1. The molecule has 0 aliphatic carbocycles. The smallest absolute Gasteiger partial charge is 0.330 e. The van der Waals surface area contributed by atoms with Crippen LogP contribution in [-0.2, 0) is 11.3 Å². The maximum atomic E-state index is 12.8. The summed E-state index contributed by atoms with van der Waals surface area (Å²) in [6, 6.07) is 3.37. The van der Waals surface area contributed by atoms with E-state index >= 15 is 0 Å². The molecule has 2 nitrogen and oxygen atoms in total. The molecule has 2 N–H and O–H groups in total. The third-order valence-corrected chi connectivity index (χ3v) is 1.86. The quantitative estimate of drug-likeness (QED) is 0.648. The topological polar surface area (TPSA) is 35.2 Å². The van der Waals surface area contributed by atoms with Gasteiger partial charge in [0.1, 0.15) is 12.4 Å². The largest absolute Gasteiger partial charge is 0.399 e. The Balaban J connectivity index is 2.51. The highest BCUT2D eigenvalue weighted by Crippen LogP contribution is 2.23.